The van der Waals surface area contributed by atoms with Crippen LogP contribution in [0.2, 0.25) is 10.0 Å². The summed E-state index contributed by atoms with van der Waals surface area (Å²) in [5, 5.41) is 12.4. The molecule has 1 saturated carbocycles. The van der Waals surface area contributed by atoms with Crippen molar-refractivity contribution in [3.63, 3.8) is 0 Å². The van der Waals surface area contributed by atoms with Gasteiger partial charge in [-0.25, -0.2) is 0 Å². The minimum absolute atomic E-state index is 0.124. The Morgan fingerprint density at radius 2 is 1.17 bits per heavy atom. The molecule has 72 heavy (non-hydrogen) atoms. The largest absolute Gasteiger partial charge is 0.506 e. The first-order valence-corrected chi connectivity index (χ1v) is 28.5. The highest BCUT2D eigenvalue weighted by Crippen LogP contribution is 2.33. The van der Waals surface area contributed by atoms with Gasteiger partial charge in [0.25, 0.3) is 0 Å². The molecule has 4 aromatic carbocycles. The smallest absolute Gasteiger partial charge is 0.175 e. The van der Waals surface area contributed by atoms with Gasteiger partial charge in [-0.1, -0.05) is 217 Å². The second-order valence-electron chi connectivity index (χ2n) is 21.1. The number of nitrogens with zero attached hydrogens (tertiary/aromatic N) is 1. The minimum atomic E-state index is 0.124. The Kier molecular flexibility index (Phi) is 34.1. The maximum atomic E-state index is 11.2. The molecule has 0 amide bonds. The van der Waals surface area contributed by atoms with E-state index in [1.165, 1.54) is 51.3 Å². The summed E-state index contributed by atoms with van der Waals surface area (Å²) in [5.41, 5.74) is 8.19. The number of phenolic OH excluding ortho intramolecular Hbond substituents is 1. The Morgan fingerprint density at radius 1 is 0.625 bits per heavy atom. The van der Waals surface area contributed by atoms with Crippen molar-refractivity contribution in [2.75, 3.05) is 0 Å². The molecular weight excluding hydrogens is 966 g/mol. The zero-order valence-electron chi connectivity index (χ0n) is 46.3. The zero-order chi connectivity index (χ0) is 54.2. The molecule has 2 aromatic heterocycles. The van der Waals surface area contributed by atoms with E-state index in [1.807, 2.05) is 63.0 Å². The summed E-state index contributed by atoms with van der Waals surface area (Å²) in [6.07, 6.45) is 11.6. The quantitative estimate of drug-likeness (QED) is 0.0822. The molecular formula is C64H89Cl2NO3S2. The number of allylic oxidation sites excluding steroid dienone is 1. The molecule has 2 heterocycles. The molecule has 394 valence electrons. The van der Waals surface area contributed by atoms with E-state index in [0.29, 0.717) is 33.6 Å². The highest BCUT2D eigenvalue weighted by atomic mass is 35.5. The molecule has 0 aliphatic heterocycles. The normalized spacial score (nSPS) is 11.4. The lowest BCUT2D eigenvalue weighted by atomic mass is 9.98. The fraction of sp³-hybridized carbons (Fsp3) is 0.453. The number of aromatic nitrogens is 1. The number of Topliss-reactive ketones (excluding diaryl/α,β-unsaturated/α-hetero) is 2. The number of hydrogen-bond acceptors (Lipinski definition) is 6. The monoisotopic (exact) mass is 1050 g/mol. The fourth-order valence-corrected chi connectivity index (χ4v) is 9.06. The second-order valence-corrected chi connectivity index (χ2v) is 23.8. The standard InChI is InChI=1S/C16H18.C10H12Cl2O.C10H14.C8H10OS.C7H11NS.C7H12O.C6H12/c1-13(2)11-14-7-6-10-16(12-14)15-8-4-3-5-9-15;1-6(2)3-7-4-8(11)5-9(12)10(7)13;1-9(2)8-10-6-4-3-5-7-10;1-6(2)8(9)7-4-3-5-10-7;1-6(2)3-7-4-8-5-9-7;1-5(2)7(8)6-3-4-6;1-4-5-6(2)3/h3-10,12-13H,11H2,1-2H3;4-6,13H,3H2,1-2H3;3-7,9H,8H2,1-2H3;3-6H,1-2H3;4-6H,3H2,1-2H3;5-6H,3-4H2,1-2H3;4,6H,1,5H2,2-3H3. The van der Waals surface area contributed by atoms with Crippen molar-refractivity contribution in [1.82, 2.24) is 4.98 Å². The maximum absolute atomic E-state index is 11.2. The molecule has 4 nitrogen and oxygen atoms in total. The third-order valence-corrected chi connectivity index (χ3v) is 12.7. The fourth-order valence-electron chi connectivity index (χ4n) is 6.90. The van der Waals surface area contributed by atoms with Crippen LogP contribution in [0.4, 0.5) is 0 Å². The minimum Gasteiger partial charge on any atom is -0.506 e. The Balaban J connectivity index is 0.000000428. The average Bonchev–Trinajstić information content (AvgIpc) is 3.76. The van der Waals surface area contributed by atoms with Crippen LogP contribution in [0.5, 0.6) is 5.75 Å². The van der Waals surface area contributed by atoms with Crippen LogP contribution in [0.15, 0.2) is 139 Å². The van der Waals surface area contributed by atoms with Crippen molar-refractivity contribution < 1.29 is 14.7 Å². The number of halogens is 2. The van der Waals surface area contributed by atoms with Gasteiger partial charge < -0.3 is 5.11 Å². The number of carbonyl (C=O) groups excluding carboxylic acids is 2. The summed E-state index contributed by atoms with van der Waals surface area (Å²) in [5.74, 6) is 5.19. The highest BCUT2D eigenvalue weighted by molar-refractivity contribution is 7.12. The topological polar surface area (TPSA) is 67.3 Å². The third kappa shape index (κ3) is 31.3. The lowest BCUT2D eigenvalue weighted by molar-refractivity contribution is -0.123. The Labute approximate surface area is 455 Å². The second kappa shape index (κ2) is 37.4. The van der Waals surface area contributed by atoms with Crippen LogP contribution in [0, 0.1) is 47.3 Å². The van der Waals surface area contributed by atoms with Crippen molar-refractivity contribution in [3.05, 3.63) is 175 Å². The van der Waals surface area contributed by atoms with Crippen LogP contribution in [-0.4, -0.2) is 21.7 Å². The van der Waals surface area contributed by atoms with E-state index in [2.05, 4.69) is 166 Å². The molecule has 1 aliphatic carbocycles. The molecule has 6 aromatic rings. The average molecular weight is 1060 g/mol. The van der Waals surface area contributed by atoms with Crippen LogP contribution >= 0.6 is 45.9 Å². The summed E-state index contributed by atoms with van der Waals surface area (Å²) < 4.78 is 0. The number of rotatable bonds is 15. The van der Waals surface area contributed by atoms with Crippen LogP contribution in [0.3, 0.4) is 0 Å². The van der Waals surface area contributed by atoms with E-state index in [0.717, 1.165) is 60.3 Å². The van der Waals surface area contributed by atoms with Crippen molar-refractivity contribution in [1.29, 1.82) is 0 Å². The van der Waals surface area contributed by atoms with Gasteiger partial charge in [-0.2, -0.15) is 0 Å². The first-order valence-electron chi connectivity index (χ1n) is 26.0. The van der Waals surface area contributed by atoms with Gasteiger partial charge >= 0.3 is 0 Å². The highest BCUT2D eigenvalue weighted by Gasteiger charge is 2.30. The van der Waals surface area contributed by atoms with Gasteiger partial charge in [0.1, 0.15) is 11.5 Å². The Morgan fingerprint density at radius 3 is 1.60 bits per heavy atom. The molecule has 1 fully saturated rings. The predicted molar refractivity (Wildman–Crippen MR) is 318 cm³/mol. The lowest BCUT2D eigenvalue weighted by Gasteiger charge is -2.09. The number of phenols is 1. The van der Waals surface area contributed by atoms with E-state index in [4.69, 9.17) is 23.2 Å². The lowest BCUT2D eigenvalue weighted by Crippen LogP contribution is -2.08. The number of thiophene rings is 1. The molecule has 0 saturated heterocycles. The van der Waals surface area contributed by atoms with Crippen molar-refractivity contribution >= 4 is 57.4 Å². The summed E-state index contributed by atoms with van der Waals surface area (Å²) in [6.45, 7) is 33.4. The van der Waals surface area contributed by atoms with Gasteiger partial charge in [-0.15, -0.1) is 29.3 Å². The van der Waals surface area contributed by atoms with Gasteiger partial charge in [0.2, 0.25) is 0 Å². The van der Waals surface area contributed by atoms with E-state index >= 15 is 0 Å². The van der Waals surface area contributed by atoms with Crippen LogP contribution < -0.4 is 0 Å². The van der Waals surface area contributed by atoms with E-state index in [1.54, 1.807) is 23.5 Å². The molecule has 1 N–H and O–H groups in total. The number of benzene rings is 4. The van der Waals surface area contributed by atoms with Gasteiger partial charge in [0.15, 0.2) is 5.78 Å². The summed E-state index contributed by atoms with van der Waals surface area (Å²) in [4.78, 5) is 28.4. The summed E-state index contributed by atoms with van der Waals surface area (Å²) >= 11 is 14.8. The van der Waals surface area contributed by atoms with Crippen LogP contribution in [-0.2, 0) is 30.5 Å². The van der Waals surface area contributed by atoms with E-state index < -0.39 is 0 Å². The van der Waals surface area contributed by atoms with Gasteiger partial charge in [0, 0.05) is 33.9 Å². The molecule has 0 bridgehead atoms. The number of hydrogen-bond donors (Lipinski definition) is 1. The zero-order valence-corrected chi connectivity index (χ0v) is 49.4. The van der Waals surface area contributed by atoms with E-state index in [9.17, 15) is 14.7 Å². The Bertz CT molecular complexity index is 2310. The molecule has 0 radical (unpaired) electrons. The predicted octanol–water partition coefficient (Wildman–Crippen LogP) is 20.1. The van der Waals surface area contributed by atoms with E-state index in [-0.39, 0.29) is 23.4 Å². The number of ketones is 2. The first-order chi connectivity index (χ1) is 34.0. The maximum Gasteiger partial charge on any atom is 0.175 e. The van der Waals surface area contributed by atoms with Crippen molar-refractivity contribution in [2.24, 2.45) is 47.3 Å². The molecule has 0 atom stereocenters. The molecule has 1 aliphatic rings. The van der Waals surface area contributed by atoms with Crippen LogP contribution in [0.25, 0.3) is 11.1 Å². The van der Waals surface area contributed by atoms with Crippen LogP contribution in [0.1, 0.15) is 147 Å². The molecule has 0 spiro atoms. The van der Waals surface area contributed by atoms with Crippen molar-refractivity contribution in [2.45, 2.75) is 142 Å². The molecule has 7 rings (SSSR count). The number of thiazole rings is 1. The molecule has 8 heteroatoms. The number of aromatic hydroxyl groups is 1. The third-order valence-electron chi connectivity index (χ3n) is 10.5. The van der Waals surface area contributed by atoms with Crippen molar-refractivity contribution in [3.8, 4) is 16.9 Å². The summed E-state index contributed by atoms with van der Waals surface area (Å²) in [7, 11) is 0. The Hall–Kier alpha value is -4.33. The number of carbonyl (C=O) groups is 2. The molecule has 0 unspecified atom stereocenters. The van der Waals surface area contributed by atoms with Gasteiger partial charge in [-0.3, -0.25) is 14.6 Å². The summed E-state index contributed by atoms with van der Waals surface area (Å²) in [6, 6.07) is 37.1. The SMILES string of the molecule is C=CCC(C)C.CC(C)C(=O)C1CC1.CC(C)C(=O)c1cccs1.CC(C)Cc1cc(Cl)cc(Cl)c1O.CC(C)Cc1cccc(-c2ccccc2)c1.CC(C)Cc1ccccc1.CC(C)Cc1cncs1. The first kappa shape index (κ1) is 65.7. The van der Waals surface area contributed by atoms with Gasteiger partial charge in [-0.05, 0) is 126 Å². The van der Waals surface area contributed by atoms with Gasteiger partial charge in [0.05, 0.1) is 15.4 Å².